The van der Waals surface area contributed by atoms with E-state index < -0.39 is 11.4 Å². The average Bonchev–Trinajstić information content (AvgIpc) is 2.66. The van der Waals surface area contributed by atoms with E-state index >= 15 is 0 Å². The molecule has 88 valence electrons. The number of amides is 1. The van der Waals surface area contributed by atoms with Gasteiger partial charge in [0.15, 0.2) is 5.13 Å². The van der Waals surface area contributed by atoms with Crippen molar-refractivity contribution in [3.05, 3.63) is 11.1 Å². The predicted molar refractivity (Wildman–Crippen MR) is 62.2 cm³/mol. The SMILES string of the molecule is CC(C)(CCl)C(=O)Nc1ncc(C(=O)O)s1. The van der Waals surface area contributed by atoms with E-state index in [1.165, 1.54) is 6.20 Å². The third-order valence-corrected chi connectivity index (χ3v) is 3.45. The Morgan fingerprint density at radius 2 is 2.25 bits per heavy atom. The van der Waals surface area contributed by atoms with Crippen LogP contribution in [0.2, 0.25) is 0 Å². The van der Waals surface area contributed by atoms with E-state index in [1.54, 1.807) is 13.8 Å². The van der Waals surface area contributed by atoms with Crippen LogP contribution in [0.1, 0.15) is 23.5 Å². The summed E-state index contributed by atoms with van der Waals surface area (Å²) in [4.78, 5) is 26.1. The maximum absolute atomic E-state index is 11.7. The fraction of sp³-hybridized carbons (Fsp3) is 0.444. The van der Waals surface area contributed by atoms with Crippen LogP contribution in [0, 0.1) is 5.41 Å². The van der Waals surface area contributed by atoms with Crippen LogP contribution < -0.4 is 5.32 Å². The fourth-order valence-corrected chi connectivity index (χ4v) is 1.53. The van der Waals surface area contributed by atoms with Gasteiger partial charge in [0.1, 0.15) is 4.88 Å². The third-order valence-electron chi connectivity index (χ3n) is 1.89. The number of rotatable bonds is 4. The predicted octanol–water partition coefficient (Wildman–Crippen LogP) is 2.04. The molecule has 2 N–H and O–H groups in total. The van der Waals surface area contributed by atoms with Gasteiger partial charge in [-0.15, -0.1) is 11.6 Å². The lowest BCUT2D eigenvalue weighted by molar-refractivity contribution is -0.122. The van der Waals surface area contributed by atoms with Crippen molar-refractivity contribution in [2.45, 2.75) is 13.8 Å². The monoisotopic (exact) mass is 262 g/mol. The van der Waals surface area contributed by atoms with Crippen LogP contribution >= 0.6 is 22.9 Å². The Kier molecular flexibility index (Phi) is 3.88. The van der Waals surface area contributed by atoms with E-state index in [1.807, 2.05) is 0 Å². The number of halogens is 1. The summed E-state index contributed by atoms with van der Waals surface area (Å²) < 4.78 is 0. The smallest absolute Gasteiger partial charge is 0.347 e. The van der Waals surface area contributed by atoms with Crippen molar-refractivity contribution in [3.8, 4) is 0 Å². The van der Waals surface area contributed by atoms with E-state index in [0.717, 1.165) is 11.3 Å². The summed E-state index contributed by atoms with van der Waals surface area (Å²) in [5.41, 5.74) is -0.712. The lowest BCUT2D eigenvalue weighted by Gasteiger charge is -2.18. The first-order chi connectivity index (χ1) is 7.36. The standard InChI is InChI=1S/C9H11ClN2O3S/c1-9(2,4-10)7(15)12-8-11-3-5(16-8)6(13)14/h3H,4H2,1-2H3,(H,13,14)(H,11,12,15). The Bertz CT molecular complexity index is 417. The molecule has 1 heterocycles. The number of carboxylic acids is 1. The van der Waals surface area contributed by atoms with Gasteiger partial charge >= 0.3 is 5.97 Å². The summed E-state index contributed by atoms with van der Waals surface area (Å²) in [6.07, 6.45) is 1.20. The van der Waals surface area contributed by atoms with Crippen molar-refractivity contribution >= 4 is 39.9 Å². The molecular weight excluding hydrogens is 252 g/mol. The van der Waals surface area contributed by atoms with Crippen molar-refractivity contribution in [2.75, 3.05) is 11.2 Å². The number of nitrogens with one attached hydrogen (secondary N) is 1. The molecule has 0 unspecified atom stereocenters. The second kappa shape index (κ2) is 4.80. The molecular formula is C9H11ClN2O3S. The maximum atomic E-state index is 11.7. The van der Waals surface area contributed by atoms with Crippen LogP contribution in [0.4, 0.5) is 5.13 Å². The number of hydrogen-bond acceptors (Lipinski definition) is 4. The first-order valence-corrected chi connectivity index (χ1v) is 5.78. The summed E-state index contributed by atoms with van der Waals surface area (Å²) >= 11 is 6.55. The molecule has 1 rings (SSSR count). The minimum absolute atomic E-state index is 0.0824. The zero-order valence-electron chi connectivity index (χ0n) is 8.78. The van der Waals surface area contributed by atoms with Crippen molar-refractivity contribution in [2.24, 2.45) is 5.41 Å². The molecule has 7 heteroatoms. The van der Waals surface area contributed by atoms with Gasteiger partial charge in [0.2, 0.25) is 5.91 Å². The molecule has 0 aliphatic carbocycles. The molecule has 0 saturated carbocycles. The Balaban J connectivity index is 2.74. The van der Waals surface area contributed by atoms with E-state index in [-0.39, 0.29) is 21.8 Å². The summed E-state index contributed by atoms with van der Waals surface area (Å²) in [6, 6.07) is 0. The zero-order valence-corrected chi connectivity index (χ0v) is 10.4. The molecule has 0 aliphatic rings. The number of carbonyl (C=O) groups is 2. The van der Waals surface area contributed by atoms with Crippen molar-refractivity contribution < 1.29 is 14.7 Å². The number of hydrogen-bond donors (Lipinski definition) is 2. The lowest BCUT2D eigenvalue weighted by Crippen LogP contribution is -2.32. The van der Waals surface area contributed by atoms with Gasteiger partial charge in [-0.3, -0.25) is 4.79 Å². The van der Waals surface area contributed by atoms with Gasteiger partial charge in [-0.05, 0) is 13.8 Å². The van der Waals surface area contributed by atoms with Gasteiger partial charge in [-0.2, -0.15) is 0 Å². The zero-order chi connectivity index (χ0) is 12.3. The fourth-order valence-electron chi connectivity index (χ4n) is 0.758. The molecule has 0 aromatic carbocycles. The number of aromatic carboxylic acids is 1. The van der Waals surface area contributed by atoms with Crippen LogP contribution in [-0.2, 0) is 4.79 Å². The molecule has 16 heavy (non-hydrogen) atoms. The molecule has 0 spiro atoms. The molecule has 0 saturated heterocycles. The molecule has 0 fully saturated rings. The molecule has 0 atom stereocenters. The number of carbonyl (C=O) groups excluding carboxylic acids is 1. The lowest BCUT2D eigenvalue weighted by atomic mass is 9.95. The Labute approximate surface area is 101 Å². The highest BCUT2D eigenvalue weighted by molar-refractivity contribution is 7.17. The number of alkyl halides is 1. The molecule has 0 radical (unpaired) electrons. The van der Waals surface area contributed by atoms with Gasteiger partial charge in [0.25, 0.3) is 0 Å². The van der Waals surface area contributed by atoms with E-state index in [2.05, 4.69) is 10.3 Å². The topological polar surface area (TPSA) is 79.3 Å². The Morgan fingerprint density at radius 1 is 1.62 bits per heavy atom. The highest BCUT2D eigenvalue weighted by Crippen LogP contribution is 2.23. The summed E-state index contributed by atoms with van der Waals surface area (Å²) in [6.45, 7) is 3.39. The maximum Gasteiger partial charge on any atom is 0.347 e. The largest absolute Gasteiger partial charge is 0.477 e. The minimum Gasteiger partial charge on any atom is -0.477 e. The van der Waals surface area contributed by atoms with Crippen molar-refractivity contribution in [1.82, 2.24) is 4.98 Å². The minimum atomic E-state index is -1.06. The molecule has 0 aliphatic heterocycles. The van der Waals surface area contributed by atoms with Crippen molar-refractivity contribution in [1.29, 1.82) is 0 Å². The first-order valence-electron chi connectivity index (χ1n) is 4.43. The normalized spacial score (nSPS) is 11.2. The highest BCUT2D eigenvalue weighted by Gasteiger charge is 2.27. The van der Waals surface area contributed by atoms with Crippen LogP contribution in [0.3, 0.4) is 0 Å². The van der Waals surface area contributed by atoms with Crippen LogP contribution in [0.15, 0.2) is 6.20 Å². The van der Waals surface area contributed by atoms with E-state index in [9.17, 15) is 9.59 Å². The second-order valence-corrected chi connectivity index (χ2v) is 5.10. The Hall–Kier alpha value is -1.14. The second-order valence-electron chi connectivity index (χ2n) is 3.81. The van der Waals surface area contributed by atoms with Gasteiger partial charge < -0.3 is 10.4 Å². The van der Waals surface area contributed by atoms with E-state index in [0.29, 0.717) is 0 Å². The number of carboxylic acid groups (broad SMARTS) is 1. The number of nitrogens with zero attached hydrogens (tertiary/aromatic N) is 1. The molecule has 1 amide bonds. The summed E-state index contributed by atoms with van der Waals surface area (Å²) in [7, 11) is 0. The quantitative estimate of drug-likeness (QED) is 0.814. The van der Waals surface area contributed by atoms with Gasteiger partial charge in [0.05, 0.1) is 11.6 Å². The molecule has 0 bridgehead atoms. The van der Waals surface area contributed by atoms with Crippen LogP contribution in [0.5, 0.6) is 0 Å². The van der Waals surface area contributed by atoms with Gasteiger partial charge in [-0.25, -0.2) is 9.78 Å². The molecule has 5 nitrogen and oxygen atoms in total. The summed E-state index contributed by atoms with van der Waals surface area (Å²) in [5.74, 6) is -1.17. The third kappa shape index (κ3) is 2.93. The molecule has 1 aromatic heterocycles. The average molecular weight is 263 g/mol. The van der Waals surface area contributed by atoms with Crippen LogP contribution in [-0.4, -0.2) is 27.8 Å². The molecule has 1 aromatic rings. The number of thiazole rings is 1. The van der Waals surface area contributed by atoms with Crippen molar-refractivity contribution in [3.63, 3.8) is 0 Å². The van der Waals surface area contributed by atoms with E-state index in [4.69, 9.17) is 16.7 Å². The summed E-state index contributed by atoms with van der Waals surface area (Å²) in [5, 5.41) is 11.5. The number of anilines is 1. The van der Waals surface area contributed by atoms with Gasteiger partial charge in [0, 0.05) is 5.88 Å². The Morgan fingerprint density at radius 3 is 2.69 bits per heavy atom. The van der Waals surface area contributed by atoms with Gasteiger partial charge in [-0.1, -0.05) is 11.3 Å². The number of aromatic nitrogens is 1. The highest BCUT2D eigenvalue weighted by atomic mass is 35.5. The van der Waals surface area contributed by atoms with Crippen LogP contribution in [0.25, 0.3) is 0 Å². The first kappa shape index (κ1) is 12.9.